The average molecular weight is 588 g/mol. The fraction of sp³-hybridized carbons (Fsp3) is 0.286. The van der Waals surface area contributed by atoms with Gasteiger partial charge in [-0.25, -0.2) is 9.78 Å². The predicted octanol–water partition coefficient (Wildman–Crippen LogP) is 6.08. The summed E-state index contributed by atoms with van der Waals surface area (Å²) in [5.74, 6) is 0.179. The molecule has 0 unspecified atom stereocenters. The summed E-state index contributed by atoms with van der Waals surface area (Å²) in [6.45, 7) is 7.61. The van der Waals surface area contributed by atoms with Gasteiger partial charge in [0.2, 0.25) is 5.95 Å². The van der Waals surface area contributed by atoms with Crippen LogP contribution in [0.3, 0.4) is 0 Å². The first-order chi connectivity index (χ1) is 21.2. The fourth-order valence-corrected chi connectivity index (χ4v) is 6.43. The van der Waals surface area contributed by atoms with Crippen LogP contribution in [0.2, 0.25) is 0 Å². The van der Waals surface area contributed by atoms with Crippen molar-refractivity contribution in [3.63, 3.8) is 0 Å². The lowest BCUT2D eigenvalue weighted by Gasteiger charge is -2.36. The Labute approximate surface area is 256 Å². The Bertz CT molecular complexity index is 1840. The molecule has 44 heavy (non-hydrogen) atoms. The monoisotopic (exact) mass is 587 g/mol. The van der Waals surface area contributed by atoms with Crippen molar-refractivity contribution in [1.82, 2.24) is 24.8 Å². The van der Waals surface area contributed by atoms with Gasteiger partial charge in [-0.05, 0) is 61.1 Å². The summed E-state index contributed by atoms with van der Waals surface area (Å²) in [5, 5.41) is 14.4. The smallest absolute Gasteiger partial charge is 0.322 e. The number of anilines is 2. The molecule has 0 spiro atoms. The second-order valence-electron chi connectivity index (χ2n) is 12.3. The SMILES string of the molecule is Cc1c(NC(=O)N2Cc3ccccc3C2)cccc1-c1nc(N)nc2[nH]c(-c3ccccc3CN3CCC(C)(O)CC3)cc12. The zero-order chi connectivity index (χ0) is 30.4. The van der Waals surface area contributed by atoms with E-state index in [-0.39, 0.29) is 12.0 Å². The number of nitrogens with zero attached hydrogens (tertiary/aromatic N) is 4. The van der Waals surface area contributed by atoms with Crippen molar-refractivity contribution in [2.24, 2.45) is 0 Å². The van der Waals surface area contributed by atoms with E-state index in [0.29, 0.717) is 24.4 Å². The number of hydrogen-bond acceptors (Lipinski definition) is 6. The van der Waals surface area contributed by atoms with Crippen molar-refractivity contribution < 1.29 is 9.90 Å². The molecule has 2 aliphatic heterocycles. The lowest BCUT2D eigenvalue weighted by molar-refractivity contribution is -0.00726. The molecule has 5 aromatic rings. The van der Waals surface area contributed by atoms with Crippen LogP contribution in [0.1, 0.15) is 42.0 Å². The summed E-state index contributed by atoms with van der Waals surface area (Å²) in [6, 6.07) is 24.4. The lowest BCUT2D eigenvalue weighted by atomic mass is 9.93. The molecule has 9 nitrogen and oxygen atoms in total. The summed E-state index contributed by atoms with van der Waals surface area (Å²) in [4.78, 5) is 30.2. The first-order valence-electron chi connectivity index (χ1n) is 15.2. The quantitative estimate of drug-likeness (QED) is 0.198. The number of nitrogen functional groups attached to an aromatic ring is 1. The number of aliphatic hydroxyl groups is 1. The van der Waals surface area contributed by atoms with Gasteiger partial charge in [0.25, 0.3) is 0 Å². The number of piperidine rings is 1. The number of nitrogens with one attached hydrogen (secondary N) is 2. The van der Waals surface area contributed by atoms with E-state index in [9.17, 15) is 9.90 Å². The van der Waals surface area contributed by atoms with Gasteiger partial charge < -0.3 is 26.0 Å². The molecular formula is C35H37N7O2. The molecule has 0 atom stereocenters. The van der Waals surface area contributed by atoms with E-state index in [4.69, 9.17) is 5.73 Å². The number of nitrogens with two attached hydrogens (primary N) is 1. The minimum atomic E-state index is -0.583. The number of aromatic nitrogens is 3. The van der Waals surface area contributed by atoms with Gasteiger partial charge in [-0.2, -0.15) is 4.98 Å². The molecule has 2 aromatic heterocycles. The maximum absolute atomic E-state index is 13.3. The first kappa shape index (κ1) is 28.1. The molecule has 3 aromatic carbocycles. The Balaban J connectivity index is 1.18. The first-order valence-corrected chi connectivity index (χ1v) is 15.2. The van der Waals surface area contributed by atoms with Gasteiger partial charge in [-0.3, -0.25) is 4.90 Å². The largest absolute Gasteiger partial charge is 0.390 e. The average Bonchev–Trinajstić information content (AvgIpc) is 3.64. The zero-order valence-corrected chi connectivity index (χ0v) is 25.1. The number of carbonyl (C=O) groups is 1. The maximum atomic E-state index is 13.3. The number of benzene rings is 3. The number of urea groups is 1. The van der Waals surface area contributed by atoms with Crippen LogP contribution in [-0.4, -0.2) is 54.6 Å². The van der Waals surface area contributed by atoms with Crippen LogP contribution < -0.4 is 11.1 Å². The van der Waals surface area contributed by atoms with E-state index in [2.05, 4.69) is 61.6 Å². The Morgan fingerprint density at radius 2 is 1.66 bits per heavy atom. The van der Waals surface area contributed by atoms with E-state index in [1.165, 1.54) is 16.7 Å². The molecule has 224 valence electrons. The molecular weight excluding hydrogens is 550 g/mol. The third-order valence-electron chi connectivity index (χ3n) is 9.10. The van der Waals surface area contributed by atoms with Gasteiger partial charge in [-0.1, -0.05) is 60.7 Å². The Hall–Kier alpha value is -4.73. The summed E-state index contributed by atoms with van der Waals surface area (Å²) in [6.07, 6.45) is 1.54. The molecule has 1 fully saturated rings. The normalized spacial score (nSPS) is 16.3. The second kappa shape index (κ2) is 11.1. The zero-order valence-electron chi connectivity index (χ0n) is 25.1. The minimum absolute atomic E-state index is 0.133. The Morgan fingerprint density at radius 3 is 2.41 bits per heavy atom. The van der Waals surface area contributed by atoms with Gasteiger partial charge in [0.15, 0.2) is 0 Å². The number of amides is 2. The van der Waals surface area contributed by atoms with Crippen molar-refractivity contribution in [1.29, 1.82) is 0 Å². The maximum Gasteiger partial charge on any atom is 0.322 e. The van der Waals surface area contributed by atoms with E-state index < -0.39 is 5.60 Å². The highest BCUT2D eigenvalue weighted by Crippen LogP contribution is 2.36. The third kappa shape index (κ3) is 5.40. The van der Waals surface area contributed by atoms with Gasteiger partial charge in [-0.15, -0.1) is 0 Å². The van der Waals surface area contributed by atoms with E-state index in [1.807, 2.05) is 55.1 Å². The summed E-state index contributed by atoms with van der Waals surface area (Å²) >= 11 is 0. The van der Waals surface area contributed by atoms with Gasteiger partial charge in [0, 0.05) is 60.6 Å². The number of aromatic amines is 1. The molecule has 5 N–H and O–H groups in total. The Morgan fingerprint density at radius 1 is 0.977 bits per heavy atom. The van der Waals surface area contributed by atoms with Crippen molar-refractivity contribution in [3.05, 3.63) is 95.1 Å². The van der Waals surface area contributed by atoms with Crippen LogP contribution >= 0.6 is 0 Å². The Kier molecular flexibility index (Phi) is 7.07. The fourth-order valence-electron chi connectivity index (χ4n) is 6.43. The van der Waals surface area contributed by atoms with Crippen molar-refractivity contribution >= 4 is 28.7 Å². The summed E-state index contributed by atoms with van der Waals surface area (Å²) in [7, 11) is 0. The highest BCUT2D eigenvalue weighted by molar-refractivity contribution is 5.98. The number of carbonyl (C=O) groups excluding carboxylic acids is 1. The molecule has 2 aliphatic rings. The molecule has 0 bridgehead atoms. The number of H-pyrrole nitrogens is 1. The van der Waals surface area contributed by atoms with Crippen LogP contribution in [0.15, 0.2) is 72.8 Å². The number of fused-ring (bicyclic) bond motifs is 2. The van der Waals surface area contributed by atoms with E-state index in [0.717, 1.165) is 65.9 Å². The lowest BCUT2D eigenvalue weighted by Crippen LogP contribution is -2.42. The summed E-state index contributed by atoms with van der Waals surface area (Å²) < 4.78 is 0. The van der Waals surface area contributed by atoms with Gasteiger partial charge in [0.1, 0.15) is 5.65 Å². The van der Waals surface area contributed by atoms with Crippen LogP contribution in [0, 0.1) is 6.92 Å². The second-order valence-corrected chi connectivity index (χ2v) is 12.3. The van der Waals surface area contributed by atoms with Gasteiger partial charge in [0.05, 0.1) is 11.3 Å². The standard InChI is InChI=1S/C35H37N7O2/c1-22-26(12-7-13-29(22)38-34(43)42-20-23-8-3-4-9-24(23)21-42)31-28-18-30(37-32(28)40-33(36)39-31)27-11-6-5-10-25(27)19-41-16-14-35(2,44)15-17-41/h3-13,18,44H,14-17,19-21H2,1-2H3,(H,38,43)(H3,36,37,39,40). The topological polar surface area (TPSA) is 123 Å². The number of hydrogen-bond donors (Lipinski definition) is 4. The van der Waals surface area contributed by atoms with Crippen molar-refractivity contribution in [2.45, 2.75) is 51.9 Å². The molecule has 4 heterocycles. The van der Waals surface area contributed by atoms with Gasteiger partial charge >= 0.3 is 6.03 Å². The molecule has 7 rings (SSSR count). The molecule has 9 heteroatoms. The molecule has 2 amide bonds. The van der Waals surface area contributed by atoms with Crippen LogP contribution in [0.4, 0.5) is 16.4 Å². The molecule has 1 saturated heterocycles. The van der Waals surface area contributed by atoms with Crippen LogP contribution in [0.25, 0.3) is 33.5 Å². The minimum Gasteiger partial charge on any atom is -0.390 e. The highest BCUT2D eigenvalue weighted by atomic mass is 16.3. The predicted molar refractivity (Wildman–Crippen MR) is 174 cm³/mol. The van der Waals surface area contributed by atoms with Crippen molar-refractivity contribution in [2.75, 3.05) is 24.1 Å². The third-order valence-corrected chi connectivity index (χ3v) is 9.10. The number of rotatable bonds is 5. The number of likely N-dealkylation sites (tertiary alicyclic amines) is 1. The van der Waals surface area contributed by atoms with Crippen molar-refractivity contribution in [3.8, 4) is 22.5 Å². The highest BCUT2D eigenvalue weighted by Gasteiger charge is 2.28. The van der Waals surface area contributed by atoms with Crippen LogP contribution in [-0.2, 0) is 19.6 Å². The summed E-state index contributed by atoms with van der Waals surface area (Å²) in [5.41, 5.74) is 15.1. The molecule has 0 aliphatic carbocycles. The molecule has 0 radical (unpaired) electrons. The van der Waals surface area contributed by atoms with Crippen LogP contribution in [0.5, 0.6) is 0 Å². The van der Waals surface area contributed by atoms with E-state index >= 15 is 0 Å². The molecule has 0 saturated carbocycles. The van der Waals surface area contributed by atoms with E-state index in [1.54, 1.807) is 0 Å².